The van der Waals surface area contributed by atoms with Crippen LogP contribution in [-0.2, 0) is 6.54 Å². The second-order valence-corrected chi connectivity index (χ2v) is 9.53. The van der Waals surface area contributed by atoms with Gasteiger partial charge in [-0.3, -0.25) is 4.79 Å². The van der Waals surface area contributed by atoms with E-state index in [-0.39, 0.29) is 23.8 Å². The molecule has 2 fully saturated rings. The van der Waals surface area contributed by atoms with Crippen molar-refractivity contribution in [2.45, 2.75) is 44.4 Å². The van der Waals surface area contributed by atoms with E-state index in [0.29, 0.717) is 19.6 Å². The number of hydrogen-bond donors (Lipinski definition) is 3. The van der Waals surface area contributed by atoms with Gasteiger partial charge in [0, 0.05) is 18.8 Å². The number of fused-ring (bicyclic) bond motifs is 1. The second kappa shape index (κ2) is 7.59. The monoisotopic (exact) mass is 468 g/mol. The number of dihydropyridines is 1. The molecule has 0 radical (unpaired) electrons. The van der Waals surface area contributed by atoms with Gasteiger partial charge in [-0.25, -0.2) is 18.4 Å². The number of nitrogens with two attached hydrogens (primary N) is 1. The van der Waals surface area contributed by atoms with Crippen molar-refractivity contribution < 1.29 is 13.6 Å². The third kappa shape index (κ3) is 3.46. The number of aromatic nitrogens is 4. The fourth-order valence-corrected chi connectivity index (χ4v) is 5.38. The Balaban J connectivity index is 1.09. The Morgan fingerprint density at radius 2 is 2.12 bits per heavy atom. The van der Waals surface area contributed by atoms with Crippen LogP contribution in [0.3, 0.4) is 0 Å². The van der Waals surface area contributed by atoms with Gasteiger partial charge in [0.1, 0.15) is 5.82 Å². The fraction of sp³-hybridized carbons (Fsp3) is 0.478. The van der Waals surface area contributed by atoms with Crippen LogP contribution in [0.25, 0.3) is 0 Å². The molecule has 178 valence electrons. The average molecular weight is 469 g/mol. The minimum absolute atomic E-state index is 0.0902. The standard InChI is InChI=1S/C23H26F2N8O/c1-12-13(2-5-20(28-12)32-9-16-17(10-32)23(16,24)25)8-33-11-19(30-31-33)22(34)29-18-4-3-15-14(18)6-7-27-21(15)26/h2,5-7,11,16-18,21,27H,3-4,8-10,26H2,1H3,(H,29,34)/t16?,17?,18-,21?/m1/s1. The number of amides is 1. The van der Waals surface area contributed by atoms with Crippen LogP contribution in [-0.4, -0.2) is 57.1 Å². The first-order chi connectivity index (χ1) is 16.3. The molecule has 0 aromatic carbocycles. The molecule has 1 amide bonds. The number of halogens is 2. The van der Waals surface area contributed by atoms with Gasteiger partial charge in [0.15, 0.2) is 5.69 Å². The van der Waals surface area contributed by atoms with E-state index in [1.807, 2.05) is 36.2 Å². The Bertz CT molecular complexity index is 1210. The highest BCUT2D eigenvalue weighted by Gasteiger charge is 2.71. The maximum atomic E-state index is 13.5. The highest BCUT2D eigenvalue weighted by Crippen LogP contribution is 2.59. The largest absolute Gasteiger partial charge is 0.372 e. The number of carbonyl (C=O) groups is 1. The Labute approximate surface area is 195 Å². The number of carbonyl (C=O) groups excluding carboxylic acids is 1. The first kappa shape index (κ1) is 21.2. The van der Waals surface area contributed by atoms with Crippen molar-refractivity contribution >= 4 is 11.7 Å². The number of nitrogens with zero attached hydrogens (tertiary/aromatic N) is 5. The third-order valence-corrected chi connectivity index (χ3v) is 7.48. The molecule has 0 spiro atoms. The van der Waals surface area contributed by atoms with E-state index in [9.17, 15) is 13.6 Å². The molecule has 2 aromatic rings. The SMILES string of the molecule is Cc1nc(N2CC3C(C2)C3(F)F)ccc1Cn1cc(C(=O)N[C@@H]2CCC3=C2C=CNC3N)nn1. The topological polar surface area (TPSA) is 114 Å². The van der Waals surface area contributed by atoms with Crippen LogP contribution >= 0.6 is 0 Å². The van der Waals surface area contributed by atoms with Crippen LogP contribution in [0.5, 0.6) is 0 Å². The van der Waals surface area contributed by atoms with Crippen molar-refractivity contribution in [1.29, 1.82) is 0 Å². The Kier molecular flexibility index (Phi) is 4.73. The Morgan fingerprint density at radius 1 is 1.32 bits per heavy atom. The molecule has 4 heterocycles. The molecule has 4 aliphatic rings. The van der Waals surface area contributed by atoms with Gasteiger partial charge in [-0.2, -0.15) is 0 Å². The number of aryl methyl sites for hydroxylation is 1. The van der Waals surface area contributed by atoms with E-state index in [0.717, 1.165) is 41.1 Å². The first-order valence-electron chi connectivity index (χ1n) is 11.5. The Morgan fingerprint density at radius 3 is 2.88 bits per heavy atom. The molecule has 9 nitrogen and oxygen atoms in total. The van der Waals surface area contributed by atoms with Crippen molar-refractivity contribution in [3.8, 4) is 0 Å². The van der Waals surface area contributed by atoms with Crippen LogP contribution in [0.2, 0.25) is 0 Å². The maximum absolute atomic E-state index is 13.5. The van der Waals surface area contributed by atoms with Crippen molar-refractivity contribution in [3.05, 3.63) is 58.7 Å². The molecule has 4 N–H and O–H groups in total. The lowest BCUT2D eigenvalue weighted by atomic mass is 10.0. The van der Waals surface area contributed by atoms with E-state index in [2.05, 4.69) is 25.9 Å². The van der Waals surface area contributed by atoms with Gasteiger partial charge < -0.3 is 21.3 Å². The molecule has 1 saturated heterocycles. The lowest BCUT2D eigenvalue weighted by Gasteiger charge is -2.21. The van der Waals surface area contributed by atoms with Gasteiger partial charge in [-0.15, -0.1) is 5.10 Å². The number of alkyl halides is 2. The average Bonchev–Trinajstić information content (AvgIpc) is 3.37. The lowest BCUT2D eigenvalue weighted by Crippen LogP contribution is -2.39. The summed E-state index contributed by atoms with van der Waals surface area (Å²) in [6, 6.07) is 3.70. The van der Waals surface area contributed by atoms with Crippen LogP contribution < -0.4 is 21.3 Å². The molecule has 2 aromatic heterocycles. The summed E-state index contributed by atoms with van der Waals surface area (Å²) < 4.78 is 28.5. The van der Waals surface area contributed by atoms with Gasteiger partial charge in [-0.1, -0.05) is 11.3 Å². The molecule has 4 atom stereocenters. The zero-order valence-corrected chi connectivity index (χ0v) is 18.7. The normalized spacial score (nSPS) is 28.5. The number of pyridine rings is 1. The number of piperidine rings is 1. The van der Waals surface area contributed by atoms with E-state index >= 15 is 0 Å². The number of rotatable bonds is 5. The highest BCUT2D eigenvalue weighted by molar-refractivity contribution is 5.92. The van der Waals surface area contributed by atoms with Gasteiger partial charge in [0.05, 0.1) is 36.8 Å². The van der Waals surface area contributed by atoms with E-state index in [4.69, 9.17) is 5.73 Å². The van der Waals surface area contributed by atoms with Gasteiger partial charge >= 0.3 is 0 Å². The molecule has 0 bridgehead atoms. The van der Waals surface area contributed by atoms with Crippen LogP contribution in [0.1, 0.15) is 34.6 Å². The number of anilines is 1. The van der Waals surface area contributed by atoms with Crippen molar-refractivity contribution in [3.63, 3.8) is 0 Å². The summed E-state index contributed by atoms with van der Waals surface area (Å²) in [5.41, 5.74) is 10.2. The molecular weight excluding hydrogens is 442 g/mol. The zero-order chi connectivity index (χ0) is 23.6. The molecule has 1 saturated carbocycles. The van der Waals surface area contributed by atoms with Crippen LogP contribution in [0.4, 0.5) is 14.6 Å². The molecule has 3 unspecified atom stereocenters. The van der Waals surface area contributed by atoms with E-state index < -0.39 is 17.8 Å². The van der Waals surface area contributed by atoms with Crippen LogP contribution in [0.15, 0.2) is 41.8 Å². The smallest absolute Gasteiger partial charge is 0.273 e. The number of hydrogen-bond acceptors (Lipinski definition) is 7. The van der Waals surface area contributed by atoms with Crippen molar-refractivity contribution in [2.24, 2.45) is 17.6 Å². The van der Waals surface area contributed by atoms with Crippen molar-refractivity contribution in [1.82, 2.24) is 30.6 Å². The van der Waals surface area contributed by atoms with Crippen molar-refractivity contribution in [2.75, 3.05) is 18.0 Å². The minimum Gasteiger partial charge on any atom is -0.372 e. The summed E-state index contributed by atoms with van der Waals surface area (Å²) in [5, 5.41) is 14.3. The molecule has 6 rings (SSSR count). The quantitative estimate of drug-likeness (QED) is 0.607. The summed E-state index contributed by atoms with van der Waals surface area (Å²) >= 11 is 0. The summed E-state index contributed by atoms with van der Waals surface area (Å²) in [7, 11) is 0. The third-order valence-electron chi connectivity index (χ3n) is 7.48. The predicted octanol–water partition coefficient (Wildman–Crippen LogP) is 1.32. The van der Waals surface area contributed by atoms with Gasteiger partial charge in [-0.05, 0) is 54.8 Å². The van der Waals surface area contributed by atoms with Gasteiger partial charge in [0.2, 0.25) is 0 Å². The summed E-state index contributed by atoms with van der Waals surface area (Å²) in [5.74, 6) is -3.14. The van der Waals surface area contributed by atoms with E-state index in [1.165, 1.54) is 0 Å². The molecule has 34 heavy (non-hydrogen) atoms. The summed E-state index contributed by atoms with van der Waals surface area (Å²) in [6.07, 6.45) is 6.83. The lowest BCUT2D eigenvalue weighted by molar-refractivity contribution is 0.0796. The fourth-order valence-electron chi connectivity index (χ4n) is 5.38. The predicted molar refractivity (Wildman–Crippen MR) is 120 cm³/mol. The highest BCUT2D eigenvalue weighted by atomic mass is 19.3. The Hall–Kier alpha value is -3.34. The molecular formula is C23H26F2N8O. The number of nitrogens with one attached hydrogen (secondary N) is 2. The summed E-state index contributed by atoms with van der Waals surface area (Å²) in [4.78, 5) is 19.3. The molecule has 2 aliphatic carbocycles. The minimum atomic E-state index is -2.50. The first-order valence-corrected chi connectivity index (χ1v) is 11.5. The van der Waals surface area contributed by atoms with E-state index in [1.54, 1.807) is 10.9 Å². The molecule has 2 aliphatic heterocycles. The molecule has 11 heteroatoms. The zero-order valence-electron chi connectivity index (χ0n) is 18.7. The summed E-state index contributed by atoms with van der Waals surface area (Å²) in [6.45, 7) is 2.99. The van der Waals surface area contributed by atoms with Crippen LogP contribution in [0, 0.1) is 18.8 Å². The van der Waals surface area contributed by atoms with Gasteiger partial charge in [0.25, 0.3) is 11.8 Å². The second-order valence-electron chi connectivity index (χ2n) is 9.53. The maximum Gasteiger partial charge on any atom is 0.273 e.